The van der Waals surface area contributed by atoms with Gasteiger partial charge in [0, 0.05) is 23.9 Å². The lowest BCUT2D eigenvalue weighted by atomic mass is 9.63. The van der Waals surface area contributed by atoms with Gasteiger partial charge in [-0.3, -0.25) is 0 Å². The van der Waals surface area contributed by atoms with Gasteiger partial charge in [-0.25, -0.2) is 4.98 Å². The number of hydrogen-bond acceptors (Lipinski definition) is 2. The van der Waals surface area contributed by atoms with E-state index in [2.05, 4.69) is 55.1 Å². The number of imidazole rings is 1. The van der Waals surface area contributed by atoms with Crippen LogP contribution in [0.15, 0.2) is 12.5 Å². The molecule has 0 aromatic carbocycles. The number of rotatable bonds is 2. The largest absolute Gasteiger partial charge is 0.331 e. The van der Waals surface area contributed by atoms with E-state index in [-0.39, 0.29) is 0 Å². The molecule has 0 bridgehead atoms. The number of piperidine rings is 1. The van der Waals surface area contributed by atoms with Gasteiger partial charge in [-0.2, -0.15) is 0 Å². The van der Waals surface area contributed by atoms with Crippen LogP contribution >= 0.6 is 0 Å². The Morgan fingerprint density at radius 1 is 1.10 bits per heavy atom. The molecule has 1 aliphatic carbocycles. The molecule has 3 rings (SSSR count). The summed E-state index contributed by atoms with van der Waals surface area (Å²) in [6.45, 7) is 12.0. The molecule has 118 valence electrons. The molecule has 0 unspecified atom stereocenters. The molecule has 1 saturated heterocycles. The molecular formula is C18H31N3. The summed E-state index contributed by atoms with van der Waals surface area (Å²) in [5.41, 5.74) is 2.35. The zero-order chi connectivity index (χ0) is 15.1. The van der Waals surface area contributed by atoms with Crippen LogP contribution in [-0.2, 0) is 0 Å². The normalized spacial score (nSPS) is 26.9. The highest BCUT2D eigenvalue weighted by Crippen LogP contribution is 2.50. The number of hydrogen-bond donors (Lipinski definition) is 1. The maximum atomic E-state index is 4.51. The van der Waals surface area contributed by atoms with E-state index in [1.54, 1.807) is 0 Å². The lowest BCUT2D eigenvalue weighted by Gasteiger charge is -2.46. The second-order valence-corrected chi connectivity index (χ2v) is 8.82. The van der Waals surface area contributed by atoms with Crippen LogP contribution < -0.4 is 5.32 Å². The van der Waals surface area contributed by atoms with Crippen molar-refractivity contribution in [3.63, 3.8) is 0 Å². The topological polar surface area (TPSA) is 29.9 Å². The molecule has 3 nitrogen and oxygen atoms in total. The van der Waals surface area contributed by atoms with E-state index >= 15 is 0 Å². The minimum Gasteiger partial charge on any atom is -0.331 e. The highest BCUT2D eigenvalue weighted by atomic mass is 15.1. The Labute approximate surface area is 129 Å². The zero-order valence-corrected chi connectivity index (χ0v) is 14.2. The van der Waals surface area contributed by atoms with Gasteiger partial charge in [0.05, 0.1) is 6.33 Å². The highest BCUT2D eigenvalue weighted by Gasteiger charge is 2.39. The van der Waals surface area contributed by atoms with Gasteiger partial charge in [-0.05, 0) is 56.0 Å². The van der Waals surface area contributed by atoms with Gasteiger partial charge < -0.3 is 9.88 Å². The smallest absolute Gasteiger partial charge is 0.0950 e. The first-order valence-corrected chi connectivity index (χ1v) is 8.59. The van der Waals surface area contributed by atoms with Crippen molar-refractivity contribution in [2.45, 2.75) is 71.8 Å². The quantitative estimate of drug-likeness (QED) is 0.887. The molecule has 1 aliphatic heterocycles. The maximum absolute atomic E-state index is 4.51. The first-order chi connectivity index (χ1) is 9.86. The molecule has 2 aliphatic rings. The van der Waals surface area contributed by atoms with E-state index in [1.165, 1.54) is 37.8 Å². The molecule has 0 spiro atoms. The van der Waals surface area contributed by atoms with Crippen LogP contribution in [-0.4, -0.2) is 22.6 Å². The summed E-state index contributed by atoms with van der Waals surface area (Å²) in [5.74, 6) is 0.696. The summed E-state index contributed by atoms with van der Waals surface area (Å²) in [6, 6.07) is 0.621. The van der Waals surface area contributed by atoms with Crippen LogP contribution in [0.5, 0.6) is 0 Å². The Kier molecular flexibility index (Phi) is 3.89. The molecule has 0 radical (unpaired) electrons. The van der Waals surface area contributed by atoms with Gasteiger partial charge in [0.2, 0.25) is 0 Å². The predicted octanol–water partition coefficient (Wildman–Crippen LogP) is 4.13. The standard InChI is InChI=1S/C18H31N3/c1-17(2)9-15(10-18(3,4)12-17)21-13-20-11-16(21)14-5-7-19-8-6-14/h11,13-15,19H,5-10,12H2,1-4H3. The summed E-state index contributed by atoms with van der Waals surface area (Å²) < 4.78 is 2.53. The number of aromatic nitrogens is 2. The minimum atomic E-state index is 0.433. The van der Waals surface area contributed by atoms with Crippen molar-refractivity contribution >= 4 is 0 Å². The van der Waals surface area contributed by atoms with Crippen molar-refractivity contribution in [1.82, 2.24) is 14.9 Å². The lowest BCUT2D eigenvalue weighted by molar-refractivity contribution is 0.0706. The van der Waals surface area contributed by atoms with Crippen molar-refractivity contribution in [2.75, 3.05) is 13.1 Å². The minimum absolute atomic E-state index is 0.433. The molecule has 2 fully saturated rings. The molecular weight excluding hydrogens is 258 g/mol. The molecule has 1 N–H and O–H groups in total. The van der Waals surface area contributed by atoms with Gasteiger partial charge in [-0.1, -0.05) is 27.7 Å². The fourth-order valence-corrected chi connectivity index (χ4v) is 5.04. The van der Waals surface area contributed by atoms with Gasteiger partial charge in [0.25, 0.3) is 0 Å². The third kappa shape index (κ3) is 3.33. The van der Waals surface area contributed by atoms with E-state index in [0.29, 0.717) is 22.8 Å². The summed E-state index contributed by atoms with van der Waals surface area (Å²) in [7, 11) is 0. The highest BCUT2D eigenvalue weighted by molar-refractivity contribution is 5.10. The Morgan fingerprint density at radius 2 is 1.71 bits per heavy atom. The second-order valence-electron chi connectivity index (χ2n) is 8.82. The monoisotopic (exact) mass is 289 g/mol. The molecule has 21 heavy (non-hydrogen) atoms. The van der Waals surface area contributed by atoms with E-state index in [1.807, 2.05) is 0 Å². The van der Waals surface area contributed by atoms with Gasteiger partial charge in [0.15, 0.2) is 0 Å². The Hall–Kier alpha value is -0.830. The van der Waals surface area contributed by atoms with Crippen LogP contribution in [0.1, 0.15) is 77.5 Å². The lowest BCUT2D eigenvalue weighted by Crippen LogP contribution is -2.36. The van der Waals surface area contributed by atoms with Crippen LogP contribution in [0.25, 0.3) is 0 Å². The molecule has 1 aromatic rings. The Bertz CT molecular complexity index is 464. The van der Waals surface area contributed by atoms with E-state index in [4.69, 9.17) is 0 Å². The van der Waals surface area contributed by atoms with E-state index in [9.17, 15) is 0 Å². The number of nitrogens with one attached hydrogen (secondary N) is 1. The second kappa shape index (κ2) is 5.42. The Morgan fingerprint density at radius 3 is 2.33 bits per heavy atom. The van der Waals surface area contributed by atoms with Crippen molar-refractivity contribution in [3.05, 3.63) is 18.2 Å². The van der Waals surface area contributed by atoms with Crippen molar-refractivity contribution in [2.24, 2.45) is 10.8 Å². The zero-order valence-electron chi connectivity index (χ0n) is 14.2. The average molecular weight is 289 g/mol. The van der Waals surface area contributed by atoms with Crippen LogP contribution in [0, 0.1) is 10.8 Å². The van der Waals surface area contributed by atoms with Gasteiger partial charge in [-0.15, -0.1) is 0 Å². The molecule has 1 aromatic heterocycles. The first-order valence-electron chi connectivity index (χ1n) is 8.59. The molecule has 1 saturated carbocycles. The molecule has 2 heterocycles. The van der Waals surface area contributed by atoms with Gasteiger partial charge >= 0.3 is 0 Å². The van der Waals surface area contributed by atoms with Crippen molar-refractivity contribution in [1.29, 1.82) is 0 Å². The van der Waals surface area contributed by atoms with Crippen molar-refractivity contribution < 1.29 is 0 Å². The summed E-state index contributed by atoms with van der Waals surface area (Å²) >= 11 is 0. The third-order valence-corrected chi connectivity index (χ3v) is 5.38. The summed E-state index contributed by atoms with van der Waals surface area (Å²) in [4.78, 5) is 4.51. The van der Waals surface area contributed by atoms with E-state index < -0.39 is 0 Å². The SMILES string of the molecule is CC1(C)CC(n2cncc2C2CCNCC2)CC(C)(C)C1. The molecule has 0 amide bonds. The van der Waals surface area contributed by atoms with Gasteiger partial charge in [0.1, 0.15) is 0 Å². The maximum Gasteiger partial charge on any atom is 0.0950 e. The fourth-order valence-electron chi connectivity index (χ4n) is 5.04. The summed E-state index contributed by atoms with van der Waals surface area (Å²) in [6.07, 6.45) is 10.6. The van der Waals surface area contributed by atoms with Crippen LogP contribution in [0.4, 0.5) is 0 Å². The predicted molar refractivity (Wildman–Crippen MR) is 87.5 cm³/mol. The summed E-state index contributed by atoms with van der Waals surface area (Å²) in [5, 5.41) is 3.47. The molecule has 3 heteroatoms. The fraction of sp³-hybridized carbons (Fsp3) is 0.833. The third-order valence-electron chi connectivity index (χ3n) is 5.38. The number of nitrogens with zero attached hydrogens (tertiary/aromatic N) is 2. The Balaban J connectivity index is 1.85. The van der Waals surface area contributed by atoms with Crippen LogP contribution in [0.3, 0.4) is 0 Å². The average Bonchev–Trinajstić information content (AvgIpc) is 2.85. The van der Waals surface area contributed by atoms with E-state index in [0.717, 1.165) is 13.1 Å². The molecule has 0 atom stereocenters. The van der Waals surface area contributed by atoms with Crippen LogP contribution in [0.2, 0.25) is 0 Å². The van der Waals surface area contributed by atoms with Crippen molar-refractivity contribution in [3.8, 4) is 0 Å². The first kappa shape index (κ1) is 15.1.